The average molecular weight is 224 g/mol. The highest BCUT2D eigenvalue weighted by atomic mass is 16.5. The summed E-state index contributed by atoms with van der Waals surface area (Å²) in [6.45, 7) is 8.73. The maximum absolute atomic E-state index is 8.63. The zero-order chi connectivity index (χ0) is 12.4. The average Bonchev–Trinajstić information content (AvgIpc) is 2.38. The van der Waals surface area contributed by atoms with Crippen LogP contribution < -0.4 is 4.74 Å². The molecule has 92 valence electrons. The number of hydrogen-bond donors (Lipinski definition) is 1. The minimum atomic E-state index is 0.0665. The third kappa shape index (κ3) is 4.67. The molecule has 0 atom stereocenters. The third-order valence-corrected chi connectivity index (χ3v) is 2.30. The van der Waals surface area contributed by atoms with Crippen LogP contribution in [-0.4, -0.2) is 18.3 Å². The summed E-state index contributed by atoms with van der Waals surface area (Å²) in [5, 5.41) is 8.63. The van der Waals surface area contributed by atoms with Crippen molar-refractivity contribution in [2.45, 2.75) is 40.5 Å². The molecule has 0 saturated heterocycles. The van der Waals surface area contributed by atoms with E-state index in [9.17, 15) is 0 Å². The van der Waals surface area contributed by atoms with E-state index in [-0.39, 0.29) is 6.61 Å². The Bertz CT molecular complexity index is 282. The van der Waals surface area contributed by atoms with Gasteiger partial charge in [-0.1, -0.05) is 33.8 Å². The summed E-state index contributed by atoms with van der Waals surface area (Å²) >= 11 is 0. The Morgan fingerprint density at radius 3 is 2.19 bits per heavy atom. The number of aliphatic hydroxyl groups excluding tert-OH is 1. The van der Waals surface area contributed by atoms with E-state index in [1.165, 1.54) is 11.1 Å². The van der Waals surface area contributed by atoms with Gasteiger partial charge in [0.2, 0.25) is 0 Å². The van der Waals surface area contributed by atoms with Crippen molar-refractivity contribution in [1.82, 2.24) is 0 Å². The van der Waals surface area contributed by atoms with E-state index >= 15 is 0 Å². The van der Waals surface area contributed by atoms with E-state index in [4.69, 9.17) is 9.84 Å². The fraction of sp³-hybridized carbons (Fsp3) is 0.571. The molecule has 0 radical (unpaired) electrons. The molecule has 0 aromatic heterocycles. The number of rotatable bonds is 5. The highest BCUT2D eigenvalue weighted by Gasteiger charge is 2.01. The first-order valence-electron chi connectivity index (χ1n) is 6.17. The molecule has 1 aromatic rings. The van der Waals surface area contributed by atoms with Gasteiger partial charge in [-0.2, -0.15) is 0 Å². The van der Waals surface area contributed by atoms with Crippen LogP contribution in [0.4, 0.5) is 0 Å². The minimum Gasteiger partial charge on any atom is -0.491 e. The largest absolute Gasteiger partial charge is 0.491 e. The summed E-state index contributed by atoms with van der Waals surface area (Å²) in [5.41, 5.74) is 2.71. The molecule has 1 rings (SSSR count). The van der Waals surface area contributed by atoms with Crippen LogP contribution in [0.5, 0.6) is 5.75 Å². The molecular formula is C14H24O2. The highest BCUT2D eigenvalue weighted by molar-refractivity contribution is 5.35. The summed E-state index contributed by atoms with van der Waals surface area (Å²) in [6.07, 6.45) is 2.09. The Morgan fingerprint density at radius 2 is 1.69 bits per heavy atom. The fourth-order valence-corrected chi connectivity index (χ4v) is 1.53. The number of hydrogen-bond acceptors (Lipinski definition) is 2. The number of benzene rings is 1. The molecule has 0 aliphatic rings. The van der Waals surface area contributed by atoms with Crippen molar-refractivity contribution in [3.8, 4) is 5.75 Å². The lowest BCUT2D eigenvalue weighted by molar-refractivity contribution is 0.201. The summed E-state index contributed by atoms with van der Waals surface area (Å²) in [4.78, 5) is 0. The van der Waals surface area contributed by atoms with Crippen molar-refractivity contribution < 1.29 is 9.84 Å². The summed E-state index contributed by atoms with van der Waals surface area (Å²) in [6, 6.07) is 6.13. The zero-order valence-corrected chi connectivity index (χ0v) is 10.9. The molecule has 0 aliphatic heterocycles. The highest BCUT2D eigenvalue weighted by Crippen LogP contribution is 2.18. The van der Waals surface area contributed by atoms with Gasteiger partial charge in [0, 0.05) is 0 Å². The molecule has 1 N–H and O–H groups in total. The van der Waals surface area contributed by atoms with Crippen molar-refractivity contribution in [3.05, 3.63) is 29.3 Å². The maximum atomic E-state index is 8.63. The van der Waals surface area contributed by atoms with Gasteiger partial charge in [0.15, 0.2) is 0 Å². The number of ether oxygens (including phenoxy) is 1. The minimum absolute atomic E-state index is 0.0665. The molecule has 16 heavy (non-hydrogen) atoms. The summed E-state index contributed by atoms with van der Waals surface area (Å²) in [5.74, 6) is 0.855. The maximum Gasteiger partial charge on any atom is 0.119 e. The van der Waals surface area contributed by atoms with Crippen LogP contribution in [0, 0.1) is 0 Å². The fourth-order valence-electron chi connectivity index (χ4n) is 1.53. The molecule has 2 heteroatoms. The topological polar surface area (TPSA) is 29.5 Å². The molecule has 0 aliphatic carbocycles. The Hall–Kier alpha value is -1.02. The van der Waals surface area contributed by atoms with Gasteiger partial charge in [0.1, 0.15) is 12.4 Å². The van der Waals surface area contributed by atoms with E-state index in [1.807, 2.05) is 19.9 Å². The van der Waals surface area contributed by atoms with Gasteiger partial charge < -0.3 is 9.84 Å². The molecule has 0 spiro atoms. The van der Waals surface area contributed by atoms with E-state index in [0.717, 1.165) is 18.6 Å². The molecule has 0 saturated carbocycles. The predicted octanol–water partition coefficient (Wildman–Crippen LogP) is 3.21. The summed E-state index contributed by atoms with van der Waals surface area (Å²) < 4.78 is 5.35. The lowest BCUT2D eigenvalue weighted by Gasteiger charge is -2.09. The van der Waals surface area contributed by atoms with Gasteiger partial charge in [-0.25, -0.2) is 0 Å². The van der Waals surface area contributed by atoms with Crippen molar-refractivity contribution in [1.29, 1.82) is 0 Å². The van der Waals surface area contributed by atoms with E-state index in [1.54, 1.807) is 0 Å². The molecule has 0 bridgehead atoms. The molecule has 0 amide bonds. The third-order valence-electron chi connectivity index (χ3n) is 2.30. The first-order chi connectivity index (χ1) is 7.81. The molecule has 0 heterocycles. The van der Waals surface area contributed by atoms with Crippen molar-refractivity contribution >= 4 is 0 Å². The van der Waals surface area contributed by atoms with Gasteiger partial charge in [-0.3, -0.25) is 0 Å². The first kappa shape index (κ1) is 15.0. The standard InChI is InChI=1S/C12H18O2.C2H6/c1-3-10-5-6-12(14-8-7-13)9-11(10)4-2;1-2/h5-6,9,13H,3-4,7-8H2,1-2H3;1-2H3. The van der Waals surface area contributed by atoms with Crippen LogP contribution in [0.25, 0.3) is 0 Å². The second-order valence-corrected chi connectivity index (χ2v) is 3.21. The van der Waals surface area contributed by atoms with Crippen LogP contribution >= 0.6 is 0 Å². The Kier molecular flexibility index (Phi) is 8.64. The first-order valence-corrected chi connectivity index (χ1v) is 6.17. The molecule has 0 unspecified atom stereocenters. The lowest BCUT2D eigenvalue weighted by Crippen LogP contribution is -2.02. The lowest BCUT2D eigenvalue weighted by atomic mass is 10.0. The van der Waals surface area contributed by atoms with Gasteiger partial charge >= 0.3 is 0 Å². The second-order valence-electron chi connectivity index (χ2n) is 3.21. The van der Waals surface area contributed by atoms with E-state index in [2.05, 4.69) is 26.0 Å². The van der Waals surface area contributed by atoms with Gasteiger partial charge in [-0.05, 0) is 36.1 Å². The quantitative estimate of drug-likeness (QED) is 0.832. The SMILES string of the molecule is CC.CCc1ccc(OCCO)cc1CC. The van der Waals surface area contributed by atoms with Crippen LogP contribution in [0.2, 0.25) is 0 Å². The predicted molar refractivity (Wildman–Crippen MR) is 69.1 cm³/mol. The van der Waals surface area contributed by atoms with Crippen LogP contribution in [0.3, 0.4) is 0 Å². The van der Waals surface area contributed by atoms with Crippen molar-refractivity contribution in [3.63, 3.8) is 0 Å². The van der Waals surface area contributed by atoms with E-state index in [0.29, 0.717) is 6.61 Å². The molecule has 1 aromatic carbocycles. The van der Waals surface area contributed by atoms with Crippen molar-refractivity contribution in [2.75, 3.05) is 13.2 Å². The van der Waals surface area contributed by atoms with Crippen LogP contribution in [0.15, 0.2) is 18.2 Å². The number of aryl methyl sites for hydroxylation is 2. The smallest absolute Gasteiger partial charge is 0.119 e. The second kappa shape index (κ2) is 9.22. The van der Waals surface area contributed by atoms with Gasteiger partial charge in [0.25, 0.3) is 0 Å². The Balaban J connectivity index is 0.00000106. The molecule has 2 nitrogen and oxygen atoms in total. The van der Waals surface area contributed by atoms with Gasteiger partial charge in [-0.15, -0.1) is 0 Å². The Labute approximate surface area is 99.3 Å². The molecular weight excluding hydrogens is 200 g/mol. The van der Waals surface area contributed by atoms with E-state index < -0.39 is 0 Å². The normalized spacial score (nSPS) is 9.31. The Morgan fingerprint density at radius 1 is 1.06 bits per heavy atom. The number of aliphatic hydroxyl groups is 1. The monoisotopic (exact) mass is 224 g/mol. The van der Waals surface area contributed by atoms with Gasteiger partial charge in [0.05, 0.1) is 6.61 Å². The van der Waals surface area contributed by atoms with Crippen LogP contribution in [0.1, 0.15) is 38.8 Å². The molecule has 0 fully saturated rings. The zero-order valence-electron chi connectivity index (χ0n) is 10.9. The van der Waals surface area contributed by atoms with Crippen LogP contribution in [-0.2, 0) is 12.8 Å². The summed E-state index contributed by atoms with van der Waals surface area (Å²) in [7, 11) is 0. The van der Waals surface area contributed by atoms with Crippen molar-refractivity contribution in [2.24, 2.45) is 0 Å².